The maximum absolute atomic E-state index is 4.94. The fourth-order valence-corrected chi connectivity index (χ4v) is 7.71. The highest BCUT2D eigenvalue weighted by molar-refractivity contribution is 7.25. The van der Waals surface area contributed by atoms with E-state index in [2.05, 4.69) is 77.8 Å². The molecule has 248 valence electrons. The third-order valence-corrected chi connectivity index (χ3v) is 10.3. The Kier molecular flexibility index (Phi) is 7.51. The molecule has 10 aromatic rings. The first-order valence-corrected chi connectivity index (χ1v) is 18.0. The molecular weight excluding hydrogens is 671 g/mol. The molecule has 0 saturated carbocycles. The molecule has 6 aromatic carbocycles. The van der Waals surface area contributed by atoms with E-state index in [1.54, 1.807) is 17.7 Å². The van der Waals surface area contributed by atoms with Crippen molar-refractivity contribution in [1.82, 2.24) is 34.9 Å². The van der Waals surface area contributed by atoms with Gasteiger partial charge in [-0.05, 0) is 46.5 Å². The lowest BCUT2D eigenvalue weighted by molar-refractivity contribution is 1.07. The molecule has 0 spiro atoms. The predicted molar refractivity (Wildman–Crippen MR) is 214 cm³/mol. The molecule has 0 aliphatic carbocycles. The topological polar surface area (TPSA) is 90.2 Å². The standard InChI is InChI=1S/C45H27N7S/c1-3-11-30(12-4-1)42-50-43(31-13-5-2-6-14-31)52-44(51-42)35-18-10-17-34(26-35)33-16-9-15-32(25-33)28-21-23-29(24-22-28)38-41-39(47-27-46-38)40-45(53-41)49-37-20-8-7-19-36(37)48-40/h1-27H. The molecule has 0 radical (unpaired) electrons. The number of nitrogens with zero attached hydrogens (tertiary/aromatic N) is 7. The van der Waals surface area contributed by atoms with Crippen LogP contribution < -0.4 is 0 Å². The molecule has 0 N–H and O–H groups in total. The highest BCUT2D eigenvalue weighted by atomic mass is 32.1. The van der Waals surface area contributed by atoms with E-state index in [1.165, 1.54) is 0 Å². The minimum Gasteiger partial charge on any atom is -0.241 e. The first-order chi connectivity index (χ1) is 26.2. The summed E-state index contributed by atoms with van der Waals surface area (Å²) in [6.07, 6.45) is 1.62. The van der Waals surface area contributed by atoms with Gasteiger partial charge in [0.15, 0.2) is 17.5 Å². The van der Waals surface area contributed by atoms with Crippen molar-refractivity contribution in [2.45, 2.75) is 0 Å². The fraction of sp³-hybridized carbons (Fsp3) is 0. The van der Waals surface area contributed by atoms with Crippen molar-refractivity contribution in [1.29, 1.82) is 0 Å². The number of fused-ring (bicyclic) bond motifs is 4. The van der Waals surface area contributed by atoms with Gasteiger partial charge >= 0.3 is 0 Å². The molecule has 0 aliphatic rings. The third-order valence-electron chi connectivity index (χ3n) is 9.27. The van der Waals surface area contributed by atoms with Gasteiger partial charge in [-0.1, -0.05) is 133 Å². The van der Waals surface area contributed by atoms with Crippen LogP contribution in [0.15, 0.2) is 164 Å². The Hall–Kier alpha value is -7.03. The molecule has 0 unspecified atom stereocenters. The number of rotatable bonds is 6. The number of hydrogen-bond donors (Lipinski definition) is 0. The molecule has 0 aliphatic heterocycles. The second kappa shape index (κ2) is 12.9. The zero-order valence-electron chi connectivity index (χ0n) is 28.1. The van der Waals surface area contributed by atoms with Crippen LogP contribution >= 0.6 is 11.3 Å². The first-order valence-electron chi connectivity index (χ1n) is 17.2. The van der Waals surface area contributed by atoms with Gasteiger partial charge < -0.3 is 0 Å². The van der Waals surface area contributed by atoms with Crippen LogP contribution in [0.5, 0.6) is 0 Å². The average Bonchev–Trinajstić information content (AvgIpc) is 3.61. The summed E-state index contributed by atoms with van der Waals surface area (Å²) in [5.41, 5.74) is 12.5. The fourth-order valence-electron chi connectivity index (χ4n) is 6.63. The molecule has 0 amide bonds. The Labute approximate surface area is 308 Å². The van der Waals surface area contributed by atoms with Gasteiger partial charge in [-0.15, -0.1) is 11.3 Å². The lowest BCUT2D eigenvalue weighted by Crippen LogP contribution is -2.00. The molecule has 7 nitrogen and oxygen atoms in total. The Morgan fingerprint density at radius 1 is 0.340 bits per heavy atom. The lowest BCUT2D eigenvalue weighted by Gasteiger charge is -2.10. The second-order valence-electron chi connectivity index (χ2n) is 12.6. The summed E-state index contributed by atoms with van der Waals surface area (Å²) in [6.45, 7) is 0. The largest absolute Gasteiger partial charge is 0.241 e. The van der Waals surface area contributed by atoms with Gasteiger partial charge in [0.1, 0.15) is 22.2 Å². The van der Waals surface area contributed by atoms with Crippen LogP contribution in [0, 0.1) is 0 Å². The quantitative estimate of drug-likeness (QED) is 0.171. The molecule has 0 bridgehead atoms. The third kappa shape index (κ3) is 5.77. The Balaban J connectivity index is 0.983. The zero-order valence-corrected chi connectivity index (χ0v) is 28.9. The van der Waals surface area contributed by atoms with E-state index in [4.69, 9.17) is 29.9 Å². The highest BCUT2D eigenvalue weighted by Gasteiger charge is 2.17. The van der Waals surface area contributed by atoms with E-state index in [0.717, 1.165) is 81.8 Å². The molecule has 53 heavy (non-hydrogen) atoms. The first kappa shape index (κ1) is 30.8. The summed E-state index contributed by atoms with van der Waals surface area (Å²) in [5.74, 6) is 1.91. The van der Waals surface area contributed by atoms with Crippen LogP contribution in [0.25, 0.3) is 99.3 Å². The number of para-hydroxylation sites is 2. The summed E-state index contributed by atoms with van der Waals surface area (Å²) in [6, 6.07) is 53.6. The monoisotopic (exact) mass is 697 g/mol. The van der Waals surface area contributed by atoms with Crippen LogP contribution in [-0.2, 0) is 0 Å². The molecule has 0 atom stereocenters. The Morgan fingerprint density at radius 2 is 0.830 bits per heavy atom. The molecule has 10 rings (SSSR count). The molecular formula is C45H27N7S. The van der Waals surface area contributed by atoms with E-state index >= 15 is 0 Å². The minimum atomic E-state index is 0.628. The molecule has 8 heteroatoms. The second-order valence-corrected chi connectivity index (χ2v) is 13.6. The number of hydrogen-bond acceptors (Lipinski definition) is 8. The van der Waals surface area contributed by atoms with E-state index in [9.17, 15) is 0 Å². The SMILES string of the molecule is c1ccc(-c2nc(-c3ccccc3)nc(-c3cccc(-c4cccc(-c5ccc(-c6ncnc7c6sc6nc8ccccc8nc67)cc5)c4)c3)n2)cc1. The van der Waals surface area contributed by atoms with E-state index in [0.29, 0.717) is 17.5 Å². The van der Waals surface area contributed by atoms with Gasteiger partial charge in [0, 0.05) is 22.3 Å². The van der Waals surface area contributed by atoms with Crippen LogP contribution in [0.4, 0.5) is 0 Å². The summed E-state index contributed by atoms with van der Waals surface area (Å²) >= 11 is 1.59. The maximum atomic E-state index is 4.94. The summed E-state index contributed by atoms with van der Waals surface area (Å²) in [5, 5.41) is 0. The molecule has 0 fully saturated rings. The maximum Gasteiger partial charge on any atom is 0.164 e. The van der Waals surface area contributed by atoms with Crippen LogP contribution in [0.3, 0.4) is 0 Å². The van der Waals surface area contributed by atoms with E-state index in [1.807, 2.05) is 84.9 Å². The van der Waals surface area contributed by atoms with Gasteiger partial charge in [0.25, 0.3) is 0 Å². The van der Waals surface area contributed by atoms with Crippen molar-refractivity contribution in [2.75, 3.05) is 0 Å². The van der Waals surface area contributed by atoms with Crippen molar-refractivity contribution in [3.63, 3.8) is 0 Å². The summed E-state index contributed by atoms with van der Waals surface area (Å²) in [4.78, 5) is 34.7. The predicted octanol–water partition coefficient (Wildman–Crippen LogP) is 11.0. The summed E-state index contributed by atoms with van der Waals surface area (Å²) < 4.78 is 0.984. The van der Waals surface area contributed by atoms with Crippen LogP contribution in [-0.4, -0.2) is 34.9 Å². The number of aromatic nitrogens is 7. The van der Waals surface area contributed by atoms with Gasteiger partial charge in [-0.2, -0.15) is 0 Å². The summed E-state index contributed by atoms with van der Waals surface area (Å²) in [7, 11) is 0. The van der Waals surface area contributed by atoms with Crippen molar-refractivity contribution in [2.24, 2.45) is 0 Å². The number of thiophene rings is 1. The molecule has 4 aromatic heterocycles. The minimum absolute atomic E-state index is 0.628. The van der Waals surface area contributed by atoms with Crippen LogP contribution in [0.1, 0.15) is 0 Å². The van der Waals surface area contributed by atoms with Gasteiger partial charge in [0.05, 0.1) is 21.4 Å². The normalized spacial score (nSPS) is 11.4. The van der Waals surface area contributed by atoms with Crippen molar-refractivity contribution in [3.05, 3.63) is 164 Å². The van der Waals surface area contributed by atoms with Crippen LogP contribution in [0.2, 0.25) is 0 Å². The van der Waals surface area contributed by atoms with Crippen molar-refractivity contribution in [3.8, 4) is 67.7 Å². The van der Waals surface area contributed by atoms with Crippen molar-refractivity contribution < 1.29 is 0 Å². The average molecular weight is 698 g/mol. The number of benzene rings is 6. The van der Waals surface area contributed by atoms with E-state index < -0.39 is 0 Å². The Morgan fingerprint density at radius 3 is 1.47 bits per heavy atom. The van der Waals surface area contributed by atoms with Gasteiger partial charge in [-0.25, -0.2) is 34.9 Å². The highest BCUT2D eigenvalue weighted by Crippen LogP contribution is 2.38. The molecule has 0 saturated heterocycles. The van der Waals surface area contributed by atoms with Gasteiger partial charge in [-0.3, -0.25) is 0 Å². The smallest absolute Gasteiger partial charge is 0.164 e. The van der Waals surface area contributed by atoms with Gasteiger partial charge in [0.2, 0.25) is 0 Å². The van der Waals surface area contributed by atoms with E-state index in [-0.39, 0.29) is 0 Å². The van der Waals surface area contributed by atoms with Crippen molar-refractivity contribution >= 4 is 42.9 Å². The zero-order chi connectivity index (χ0) is 35.1. The Bertz CT molecular complexity index is 2890. The molecule has 4 heterocycles. The lowest BCUT2D eigenvalue weighted by atomic mass is 9.97.